The first-order chi connectivity index (χ1) is 9.49. The average molecular weight is 339 g/mol. The van der Waals surface area contributed by atoms with Crippen molar-refractivity contribution >= 4 is 27.7 Å². The van der Waals surface area contributed by atoms with Crippen LogP contribution >= 0.6 is 15.9 Å². The predicted molar refractivity (Wildman–Crippen MR) is 80.9 cm³/mol. The number of nitrogens with zero attached hydrogens (tertiary/aromatic N) is 1. The van der Waals surface area contributed by atoms with Gasteiger partial charge in [0.1, 0.15) is 6.04 Å². The molecule has 1 atom stereocenters. The molecule has 1 saturated heterocycles. The summed E-state index contributed by atoms with van der Waals surface area (Å²) in [6, 6.07) is 7.42. The van der Waals surface area contributed by atoms with Gasteiger partial charge in [-0.3, -0.25) is 9.59 Å². The highest BCUT2D eigenvalue weighted by atomic mass is 79.9. The van der Waals surface area contributed by atoms with Crippen molar-refractivity contribution < 1.29 is 9.59 Å². The summed E-state index contributed by atoms with van der Waals surface area (Å²) in [6.07, 6.45) is 0.361. The Hall–Kier alpha value is -1.36. The zero-order chi connectivity index (χ0) is 14.7. The quantitative estimate of drug-likeness (QED) is 0.919. The molecule has 20 heavy (non-hydrogen) atoms. The SMILES string of the molecule is CC(C)C1NC(=O)CCN(Cc2ccccc2Br)C1=O. The standard InChI is InChI=1S/C15H19BrN2O2/c1-10(2)14-15(20)18(8-7-13(19)17-14)9-11-5-3-4-6-12(11)16/h3-6,10,14H,7-9H2,1-2H3,(H,17,19). The van der Waals surface area contributed by atoms with Gasteiger partial charge in [-0.1, -0.05) is 48.0 Å². The number of hydrogen-bond acceptors (Lipinski definition) is 2. The third-order valence-corrected chi connectivity index (χ3v) is 4.26. The zero-order valence-electron chi connectivity index (χ0n) is 11.7. The highest BCUT2D eigenvalue weighted by molar-refractivity contribution is 9.10. The molecule has 2 rings (SSSR count). The third-order valence-electron chi connectivity index (χ3n) is 3.49. The molecule has 1 aliphatic rings. The molecule has 0 radical (unpaired) electrons. The van der Waals surface area contributed by atoms with Gasteiger partial charge in [0.05, 0.1) is 0 Å². The van der Waals surface area contributed by atoms with Gasteiger partial charge < -0.3 is 10.2 Å². The summed E-state index contributed by atoms with van der Waals surface area (Å²) in [5.41, 5.74) is 1.05. The van der Waals surface area contributed by atoms with Crippen molar-refractivity contribution in [3.8, 4) is 0 Å². The van der Waals surface area contributed by atoms with Crippen molar-refractivity contribution in [1.29, 1.82) is 0 Å². The zero-order valence-corrected chi connectivity index (χ0v) is 13.3. The topological polar surface area (TPSA) is 49.4 Å². The molecule has 1 aromatic carbocycles. The first-order valence-electron chi connectivity index (χ1n) is 6.80. The molecular weight excluding hydrogens is 320 g/mol. The highest BCUT2D eigenvalue weighted by Gasteiger charge is 2.31. The Morgan fingerprint density at radius 2 is 2.05 bits per heavy atom. The number of benzene rings is 1. The van der Waals surface area contributed by atoms with Crippen LogP contribution in [0.2, 0.25) is 0 Å². The molecule has 0 spiro atoms. The summed E-state index contributed by atoms with van der Waals surface area (Å²) >= 11 is 3.50. The van der Waals surface area contributed by atoms with E-state index in [0.717, 1.165) is 10.0 Å². The maximum absolute atomic E-state index is 12.5. The van der Waals surface area contributed by atoms with Crippen LogP contribution in [0.1, 0.15) is 25.8 Å². The summed E-state index contributed by atoms with van der Waals surface area (Å²) < 4.78 is 0.984. The average Bonchev–Trinajstić information content (AvgIpc) is 2.54. The number of rotatable bonds is 3. The Bertz CT molecular complexity index is 516. The van der Waals surface area contributed by atoms with Crippen molar-refractivity contribution in [2.75, 3.05) is 6.54 Å². The molecule has 0 saturated carbocycles. The lowest BCUT2D eigenvalue weighted by Crippen LogP contribution is -2.47. The molecule has 1 fully saturated rings. The maximum Gasteiger partial charge on any atom is 0.245 e. The summed E-state index contributed by atoms with van der Waals surface area (Å²) in [4.78, 5) is 26.0. The predicted octanol–water partition coefficient (Wildman–Crippen LogP) is 2.32. The van der Waals surface area contributed by atoms with Crippen LogP contribution in [0.25, 0.3) is 0 Å². The lowest BCUT2D eigenvalue weighted by molar-refractivity contribution is -0.135. The molecule has 0 bridgehead atoms. The maximum atomic E-state index is 12.5. The third kappa shape index (κ3) is 3.39. The van der Waals surface area contributed by atoms with Crippen LogP contribution in [-0.2, 0) is 16.1 Å². The van der Waals surface area contributed by atoms with E-state index in [2.05, 4.69) is 21.2 Å². The van der Waals surface area contributed by atoms with E-state index < -0.39 is 6.04 Å². The van der Waals surface area contributed by atoms with E-state index >= 15 is 0 Å². The van der Waals surface area contributed by atoms with Crippen molar-refractivity contribution in [2.45, 2.75) is 32.9 Å². The first-order valence-corrected chi connectivity index (χ1v) is 7.60. The molecule has 1 heterocycles. The van der Waals surface area contributed by atoms with Crippen molar-refractivity contribution in [3.63, 3.8) is 0 Å². The Labute approximate surface area is 127 Å². The largest absolute Gasteiger partial charge is 0.344 e. The van der Waals surface area contributed by atoms with E-state index in [0.29, 0.717) is 19.5 Å². The van der Waals surface area contributed by atoms with Gasteiger partial charge in [-0.15, -0.1) is 0 Å². The van der Waals surface area contributed by atoms with Crippen LogP contribution in [0, 0.1) is 5.92 Å². The lowest BCUT2D eigenvalue weighted by atomic mass is 10.0. The first kappa shape index (κ1) is 15.0. The Balaban J connectivity index is 2.19. The van der Waals surface area contributed by atoms with E-state index in [1.807, 2.05) is 38.1 Å². The minimum absolute atomic E-state index is 0.00148. The van der Waals surface area contributed by atoms with Crippen LogP contribution in [0.3, 0.4) is 0 Å². The van der Waals surface area contributed by atoms with Gasteiger partial charge in [-0.25, -0.2) is 0 Å². The van der Waals surface area contributed by atoms with Crippen LogP contribution in [0.4, 0.5) is 0 Å². The Kier molecular flexibility index (Phi) is 4.81. The molecule has 2 amide bonds. The monoisotopic (exact) mass is 338 g/mol. The van der Waals surface area contributed by atoms with Gasteiger partial charge in [-0.2, -0.15) is 0 Å². The van der Waals surface area contributed by atoms with Gasteiger partial charge in [0.25, 0.3) is 0 Å². The second kappa shape index (κ2) is 6.39. The van der Waals surface area contributed by atoms with Gasteiger partial charge in [-0.05, 0) is 17.5 Å². The highest BCUT2D eigenvalue weighted by Crippen LogP contribution is 2.20. The number of carbonyl (C=O) groups is 2. The molecule has 5 heteroatoms. The van der Waals surface area contributed by atoms with E-state index in [9.17, 15) is 9.59 Å². The second-order valence-corrected chi connectivity index (χ2v) is 6.24. The van der Waals surface area contributed by atoms with Crippen LogP contribution in [0.5, 0.6) is 0 Å². The smallest absolute Gasteiger partial charge is 0.245 e. The fourth-order valence-corrected chi connectivity index (χ4v) is 2.70. The molecule has 1 unspecified atom stereocenters. The van der Waals surface area contributed by atoms with E-state index in [4.69, 9.17) is 0 Å². The van der Waals surface area contributed by atoms with Crippen LogP contribution in [0.15, 0.2) is 28.7 Å². The van der Waals surface area contributed by atoms with Crippen LogP contribution < -0.4 is 5.32 Å². The number of halogens is 1. The van der Waals surface area contributed by atoms with E-state index in [-0.39, 0.29) is 17.7 Å². The van der Waals surface area contributed by atoms with E-state index in [1.54, 1.807) is 4.90 Å². The molecule has 1 N–H and O–H groups in total. The summed E-state index contributed by atoms with van der Waals surface area (Å²) in [5.74, 6) is 0.0412. The molecule has 0 aromatic heterocycles. The molecular formula is C15H19BrN2O2. The minimum Gasteiger partial charge on any atom is -0.344 e. The number of nitrogens with one attached hydrogen (secondary N) is 1. The van der Waals surface area contributed by atoms with Crippen molar-refractivity contribution in [3.05, 3.63) is 34.3 Å². The Morgan fingerprint density at radius 3 is 2.70 bits per heavy atom. The summed E-state index contributed by atoms with van der Waals surface area (Å²) in [5, 5.41) is 2.82. The van der Waals surface area contributed by atoms with E-state index in [1.165, 1.54) is 0 Å². The summed E-state index contributed by atoms with van der Waals surface area (Å²) in [6.45, 7) is 4.89. The fourth-order valence-electron chi connectivity index (χ4n) is 2.29. The van der Waals surface area contributed by atoms with Gasteiger partial charge in [0, 0.05) is 24.0 Å². The van der Waals surface area contributed by atoms with Gasteiger partial charge in [0.15, 0.2) is 0 Å². The summed E-state index contributed by atoms with van der Waals surface area (Å²) in [7, 11) is 0. The Morgan fingerprint density at radius 1 is 1.35 bits per heavy atom. The molecule has 1 aliphatic heterocycles. The lowest BCUT2D eigenvalue weighted by Gasteiger charge is -2.26. The molecule has 4 nitrogen and oxygen atoms in total. The number of carbonyl (C=O) groups excluding carboxylic acids is 2. The normalized spacial score (nSPS) is 20.0. The van der Waals surface area contributed by atoms with Gasteiger partial charge >= 0.3 is 0 Å². The molecule has 1 aromatic rings. The fraction of sp³-hybridized carbons (Fsp3) is 0.467. The minimum atomic E-state index is -0.424. The second-order valence-electron chi connectivity index (χ2n) is 5.39. The van der Waals surface area contributed by atoms with Gasteiger partial charge in [0.2, 0.25) is 11.8 Å². The molecule has 0 aliphatic carbocycles. The van der Waals surface area contributed by atoms with Crippen LogP contribution in [-0.4, -0.2) is 29.3 Å². The number of amides is 2. The molecule has 108 valence electrons. The number of hydrogen-bond donors (Lipinski definition) is 1. The van der Waals surface area contributed by atoms with Crippen molar-refractivity contribution in [1.82, 2.24) is 10.2 Å². The van der Waals surface area contributed by atoms with Crippen molar-refractivity contribution in [2.24, 2.45) is 5.92 Å².